The molecule has 2 aromatic rings. The molecule has 21 heavy (non-hydrogen) atoms. The van der Waals surface area contributed by atoms with Gasteiger partial charge in [-0.1, -0.05) is 13.0 Å². The first-order valence-corrected chi connectivity index (χ1v) is 9.46. The van der Waals surface area contributed by atoms with Crippen LogP contribution in [0.1, 0.15) is 6.92 Å². The lowest BCUT2D eigenvalue weighted by atomic mass is 10.5. The Kier molecular flexibility index (Phi) is 4.96. The fraction of sp³-hybridized carbons (Fsp3) is 0.417. The first-order valence-electron chi connectivity index (χ1n) is 6.49. The number of pyridine rings is 1. The maximum Gasteiger partial charge on any atom is 0.260 e. The Labute approximate surface area is 126 Å². The summed E-state index contributed by atoms with van der Waals surface area (Å²) < 4.78 is 40.2. The fourth-order valence-corrected chi connectivity index (χ4v) is 3.97. The summed E-state index contributed by atoms with van der Waals surface area (Å²) in [4.78, 5) is 4.23. The fourth-order valence-electron chi connectivity index (χ4n) is 1.90. The first-order chi connectivity index (χ1) is 9.99. The van der Waals surface area contributed by atoms with Gasteiger partial charge in [0.1, 0.15) is 5.65 Å². The van der Waals surface area contributed by atoms with Gasteiger partial charge in [-0.05, 0) is 12.1 Å². The Morgan fingerprint density at radius 1 is 1.38 bits per heavy atom. The van der Waals surface area contributed by atoms with E-state index >= 15 is 0 Å². The van der Waals surface area contributed by atoms with Crippen LogP contribution in [0, 0.1) is 0 Å². The molecule has 0 fully saturated rings. The number of hydrogen-bond donors (Lipinski definition) is 2. The van der Waals surface area contributed by atoms with Gasteiger partial charge in [0.25, 0.3) is 10.0 Å². The van der Waals surface area contributed by atoms with Gasteiger partial charge in [0.05, 0.1) is 0 Å². The van der Waals surface area contributed by atoms with Crippen molar-refractivity contribution >= 4 is 32.3 Å². The molecule has 0 aliphatic rings. The van der Waals surface area contributed by atoms with Gasteiger partial charge in [-0.3, -0.25) is 8.61 Å². The van der Waals surface area contributed by atoms with E-state index in [9.17, 15) is 12.6 Å². The maximum absolute atomic E-state index is 12.4. The summed E-state index contributed by atoms with van der Waals surface area (Å²) in [6.45, 7) is 1.93. The molecule has 7 nitrogen and oxygen atoms in total. The van der Waals surface area contributed by atoms with E-state index in [1.165, 1.54) is 4.40 Å². The molecule has 0 aromatic carbocycles. The van der Waals surface area contributed by atoms with Gasteiger partial charge in [0.2, 0.25) is 0 Å². The van der Waals surface area contributed by atoms with Crippen molar-refractivity contribution in [2.45, 2.75) is 11.9 Å². The summed E-state index contributed by atoms with van der Waals surface area (Å²) in [5.41, 5.74) is 0.541. The Hall–Kier alpha value is -1.45. The quantitative estimate of drug-likeness (QED) is 0.768. The van der Waals surface area contributed by atoms with Crippen molar-refractivity contribution in [1.29, 1.82) is 0 Å². The average molecular weight is 330 g/mol. The summed E-state index contributed by atoms with van der Waals surface area (Å²) in [6.07, 6.45) is 1.64. The van der Waals surface area contributed by atoms with Crippen LogP contribution in [0.5, 0.6) is 0 Å². The largest absolute Gasteiger partial charge is 0.371 e. The predicted molar refractivity (Wildman–Crippen MR) is 83.5 cm³/mol. The van der Waals surface area contributed by atoms with E-state index in [0.29, 0.717) is 17.2 Å². The highest BCUT2D eigenvalue weighted by Gasteiger charge is 2.24. The van der Waals surface area contributed by atoms with Crippen molar-refractivity contribution in [2.24, 2.45) is 0 Å². The van der Waals surface area contributed by atoms with Crippen molar-refractivity contribution in [3.8, 4) is 0 Å². The predicted octanol–water partition coefficient (Wildman–Crippen LogP) is 0.423. The van der Waals surface area contributed by atoms with Gasteiger partial charge in [-0.15, -0.1) is 0 Å². The number of imidazole rings is 1. The number of rotatable bonds is 7. The molecule has 0 radical (unpaired) electrons. The molecule has 116 valence electrons. The third-order valence-corrected chi connectivity index (χ3v) is 5.71. The molecule has 1 atom stereocenters. The molecule has 1 unspecified atom stereocenters. The van der Waals surface area contributed by atoms with E-state index in [2.05, 4.69) is 15.0 Å². The van der Waals surface area contributed by atoms with Crippen molar-refractivity contribution < 1.29 is 12.6 Å². The van der Waals surface area contributed by atoms with Gasteiger partial charge < -0.3 is 5.32 Å². The SMILES string of the molecule is CCS(=O)CCNS(=O)(=O)c1c(NC)nc2ccccn12. The minimum absolute atomic E-state index is 0.0582. The molecule has 0 saturated heterocycles. The van der Waals surface area contributed by atoms with Crippen LogP contribution >= 0.6 is 0 Å². The second-order valence-electron chi connectivity index (χ2n) is 4.27. The van der Waals surface area contributed by atoms with Crippen LogP contribution in [0.25, 0.3) is 5.65 Å². The van der Waals surface area contributed by atoms with Crippen LogP contribution in [-0.4, -0.2) is 47.1 Å². The summed E-state index contributed by atoms with van der Waals surface area (Å²) >= 11 is 0. The number of aromatic nitrogens is 2. The van der Waals surface area contributed by atoms with Gasteiger partial charge >= 0.3 is 0 Å². The molecule has 0 saturated carbocycles. The van der Waals surface area contributed by atoms with Crippen LogP contribution in [-0.2, 0) is 20.8 Å². The molecule has 2 aromatic heterocycles. The Balaban J connectivity index is 2.33. The van der Waals surface area contributed by atoms with Crippen molar-refractivity contribution in [3.05, 3.63) is 24.4 Å². The van der Waals surface area contributed by atoms with Crippen LogP contribution in [0.15, 0.2) is 29.4 Å². The molecule has 9 heteroatoms. The molecule has 2 N–H and O–H groups in total. The van der Waals surface area contributed by atoms with Crippen molar-refractivity contribution in [2.75, 3.05) is 30.4 Å². The summed E-state index contributed by atoms with van der Waals surface area (Å²) in [5, 5.41) is 2.85. The molecule has 2 heterocycles. The van der Waals surface area contributed by atoms with Crippen LogP contribution in [0.3, 0.4) is 0 Å². The molecule has 2 rings (SSSR count). The van der Waals surface area contributed by atoms with E-state index in [0.717, 1.165) is 0 Å². The van der Waals surface area contributed by atoms with Gasteiger partial charge in [0.15, 0.2) is 10.8 Å². The highest BCUT2D eigenvalue weighted by molar-refractivity contribution is 7.89. The maximum atomic E-state index is 12.4. The van der Waals surface area contributed by atoms with Crippen molar-refractivity contribution in [3.63, 3.8) is 0 Å². The number of fused-ring (bicyclic) bond motifs is 1. The second-order valence-corrected chi connectivity index (χ2v) is 7.82. The number of sulfonamides is 1. The lowest BCUT2D eigenvalue weighted by Gasteiger charge is -2.08. The zero-order chi connectivity index (χ0) is 15.5. The lowest BCUT2D eigenvalue weighted by molar-refractivity contribution is 0.579. The molecular weight excluding hydrogens is 312 g/mol. The third kappa shape index (κ3) is 3.42. The highest BCUT2D eigenvalue weighted by Crippen LogP contribution is 2.21. The molecule has 0 bridgehead atoms. The van der Waals surface area contributed by atoms with Gasteiger partial charge in [-0.25, -0.2) is 18.1 Å². The number of anilines is 1. The molecular formula is C12H18N4O3S2. The number of nitrogens with one attached hydrogen (secondary N) is 2. The summed E-state index contributed by atoms with van der Waals surface area (Å²) in [6, 6.07) is 5.25. The lowest BCUT2D eigenvalue weighted by Crippen LogP contribution is -2.29. The van der Waals surface area contributed by atoms with E-state index in [-0.39, 0.29) is 17.4 Å². The van der Waals surface area contributed by atoms with Crippen LogP contribution < -0.4 is 10.0 Å². The molecule has 0 aliphatic heterocycles. The third-order valence-electron chi connectivity index (χ3n) is 2.92. The smallest absolute Gasteiger partial charge is 0.260 e. The normalized spacial score (nSPS) is 13.4. The van der Waals surface area contributed by atoms with Crippen LogP contribution in [0.2, 0.25) is 0 Å². The van der Waals surface area contributed by atoms with E-state index in [1.54, 1.807) is 38.4 Å². The van der Waals surface area contributed by atoms with E-state index < -0.39 is 20.8 Å². The minimum atomic E-state index is -3.74. The van der Waals surface area contributed by atoms with Gasteiger partial charge in [-0.2, -0.15) is 0 Å². The number of hydrogen-bond acceptors (Lipinski definition) is 5. The zero-order valence-corrected chi connectivity index (χ0v) is 13.5. The summed E-state index contributed by atoms with van der Waals surface area (Å²) in [7, 11) is -3.13. The molecule has 0 aliphatic carbocycles. The highest BCUT2D eigenvalue weighted by atomic mass is 32.2. The standard InChI is InChI=1S/C12H18N4O3S2/c1-3-20(17)9-7-14-21(18,19)12-11(13-2)15-10-6-4-5-8-16(10)12/h4-6,8,13-14H,3,7,9H2,1-2H3. The van der Waals surface area contributed by atoms with Crippen molar-refractivity contribution in [1.82, 2.24) is 14.1 Å². The Bertz CT molecular complexity index is 755. The molecule has 0 amide bonds. The molecule has 0 spiro atoms. The first kappa shape index (κ1) is 15.9. The topological polar surface area (TPSA) is 92.6 Å². The zero-order valence-electron chi connectivity index (χ0n) is 11.9. The van der Waals surface area contributed by atoms with Gasteiger partial charge in [0, 0.05) is 42.1 Å². The van der Waals surface area contributed by atoms with Crippen LogP contribution in [0.4, 0.5) is 5.82 Å². The summed E-state index contributed by atoms with van der Waals surface area (Å²) in [5.74, 6) is 1.09. The minimum Gasteiger partial charge on any atom is -0.371 e. The number of nitrogens with zero attached hydrogens (tertiary/aromatic N) is 2. The van der Waals surface area contributed by atoms with E-state index in [1.807, 2.05) is 0 Å². The monoisotopic (exact) mass is 330 g/mol. The Morgan fingerprint density at radius 2 is 2.14 bits per heavy atom. The van der Waals surface area contributed by atoms with E-state index in [4.69, 9.17) is 0 Å². The Morgan fingerprint density at radius 3 is 2.81 bits per heavy atom. The average Bonchev–Trinajstić information content (AvgIpc) is 2.86. The second kappa shape index (κ2) is 6.54.